The minimum atomic E-state index is -0.447. The van der Waals surface area contributed by atoms with E-state index >= 15 is 0 Å². The Morgan fingerprint density at radius 2 is 1.71 bits per heavy atom. The highest BCUT2D eigenvalue weighted by atomic mass is 16.2. The first-order valence-electron chi connectivity index (χ1n) is 12.3. The average Bonchev–Trinajstić information content (AvgIpc) is 2.84. The van der Waals surface area contributed by atoms with E-state index in [1.165, 1.54) is 24.0 Å². The highest BCUT2D eigenvalue weighted by Crippen LogP contribution is 2.32. The van der Waals surface area contributed by atoms with Gasteiger partial charge < -0.3 is 15.5 Å². The van der Waals surface area contributed by atoms with Gasteiger partial charge in [-0.05, 0) is 54.9 Å². The summed E-state index contributed by atoms with van der Waals surface area (Å²) in [6.07, 6.45) is 5.09. The lowest BCUT2D eigenvalue weighted by Gasteiger charge is -2.38. The smallest absolute Gasteiger partial charge is 0.247 e. The molecule has 0 saturated carbocycles. The predicted octanol–water partition coefficient (Wildman–Crippen LogP) is 5.53. The van der Waals surface area contributed by atoms with Crippen LogP contribution in [0.4, 0.5) is 11.5 Å². The first-order chi connectivity index (χ1) is 16.4. The van der Waals surface area contributed by atoms with Crippen LogP contribution in [0.2, 0.25) is 0 Å². The molecule has 2 N–H and O–H groups in total. The fourth-order valence-electron chi connectivity index (χ4n) is 4.34. The number of hydrogen-bond donors (Lipinski definition) is 2. The zero-order valence-electron chi connectivity index (χ0n) is 20.6. The molecule has 2 aromatic carbocycles. The number of aromatic nitrogens is 1. The van der Waals surface area contributed by atoms with E-state index in [-0.39, 0.29) is 5.91 Å². The molecule has 1 amide bonds. The summed E-state index contributed by atoms with van der Waals surface area (Å²) in [5.74, 6) is 0.474. The number of aryl methyl sites for hydroxylation is 1. The van der Waals surface area contributed by atoms with Gasteiger partial charge in [-0.3, -0.25) is 4.79 Å². The molecule has 2 heterocycles. The molecule has 3 aromatic rings. The summed E-state index contributed by atoms with van der Waals surface area (Å²) in [6.45, 7) is 9.54. The van der Waals surface area contributed by atoms with E-state index in [0.29, 0.717) is 17.8 Å². The maximum atomic E-state index is 13.2. The van der Waals surface area contributed by atoms with Gasteiger partial charge in [0, 0.05) is 19.6 Å². The Morgan fingerprint density at radius 3 is 2.35 bits per heavy atom. The van der Waals surface area contributed by atoms with Crippen molar-refractivity contribution in [2.45, 2.75) is 46.1 Å². The third kappa shape index (κ3) is 6.45. The van der Waals surface area contributed by atoms with Gasteiger partial charge in [0.25, 0.3) is 0 Å². The number of pyridine rings is 1. The number of nitrogens with zero attached hydrogens (tertiary/aromatic N) is 2. The molecule has 1 aliphatic rings. The summed E-state index contributed by atoms with van der Waals surface area (Å²) in [6, 6.07) is 21.9. The van der Waals surface area contributed by atoms with Crippen molar-refractivity contribution in [3.05, 3.63) is 89.6 Å². The van der Waals surface area contributed by atoms with E-state index in [1.807, 2.05) is 42.6 Å². The molecule has 1 saturated heterocycles. The fourth-order valence-corrected chi connectivity index (χ4v) is 4.34. The van der Waals surface area contributed by atoms with Crippen LogP contribution in [0.5, 0.6) is 0 Å². The summed E-state index contributed by atoms with van der Waals surface area (Å²) in [5, 5.41) is 6.45. The molecule has 34 heavy (non-hydrogen) atoms. The van der Waals surface area contributed by atoms with Crippen LogP contribution in [0.25, 0.3) is 0 Å². The van der Waals surface area contributed by atoms with Crippen LogP contribution in [0.1, 0.15) is 49.4 Å². The highest BCUT2D eigenvalue weighted by molar-refractivity contribution is 5.94. The van der Waals surface area contributed by atoms with Crippen LogP contribution in [0, 0.1) is 12.3 Å². The van der Waals surface area contributed by atoms with Crippen molar-refractivity contribution in [3.8, 4) is 0 Å². The molecule has 4 rings (SSSR count). The Morgan fingerprint density at radius 1 is 1.00 bits per heavy atom. The fraction of sp³-hybridized carbons (Fsp3) is 0.379. The van der Waals surface area contributed by atoms with Crippen LogP contribution >= 0.6 is 0 Å². The maximum absolute atomic E-state index is 13.2. The molecule has 1 fully saturated rings. The van der Waals surface area contributed by atoms with Crippen molar-refractivity contribution >= 4 is 17.4 Å². The number of rotatable bonds is 8. The lowest BCUT2D eigenvalue weighted by Crippen LogP contribution is -2.37. The first-order valence-corrected chi connectivity index (χ1v) is 12.3. The number of amides is 1. The van der Waals surface area contributed by atoms with Gasteiger partial charge in [0.05, 0.1) is 11.9 Å². The Kier molecular flexibility index (Phi) is 7.63. The SMILES string of the molecule is Cc1ccc(CCN[C@H](C(=O)Nc2ccc(N3CCC(C)(C)CC3)cn2)c2ccccc2)cc1. The zero-order valence-corrected chi connectivity index (χ0v) is 20.6. The number of nitrogens with one attached hydrogen (secondary N) is 2. The van der Waals surface area contributed by atoms with Crippen molar-refractivity contribution in [3.63, 3.8) is 0 Å². The Labute approximate surface area is 203 Å². The zero-order chi connectivity index (χ0) is 24.0. The van der Waals surface area contributed by atoms with E-state index in [2.05, 4.69) is 71.6 Å². The van der Waals surface area contributed by atoms with Crippen LogP contribution in [-0.4, -0.2) is 30.5 Å². The van der Waals surface area contributed by atoms with E-state index in [1.54, 1.807) is 0 Å². The second kappa shape index (κ2) is 10.8. The van der Waals surface area contributed by atoms with Crippen molar-refractivity contribution in [1.29, 1.82) is 0 Å². The number of hydrogen-bond acceptors (Lipinski definition) is 4. The molecule has 1 atom stereocenters. The van der Waals surface area contributed by atoms with E-state index < -0.39 is 6.04 Å². The highest BCUT2D eigenvalue weighted by Gasteiger charge is 2.26. The molecule has 0 spiro atoms. The largest absolute Gasteiger partial charge is 0.370 e. The topological polar surface area (TPSA) is 57.3 Å². The van der Waals surface area contributed by atoms with Gasteiger partial charge in [-0.15, -0.1) is 0 Å². The maximum Gasteiger partial charge on any atom is 0.247 e. The van der Waals surface area contributed by atoms with Crippen LogP contribution < -0.4 is 15.5 Å². The molecule has 0 radical (unpaired) electrons. The Balaban J connectivity index is 1.38. The molecule has 178 valence electrons. The summed E-state index contributed by atoms with van der Waals surface area (Å²) in [7, 11) is 0. The standard InChI is InChI=1S/C29H36N4O/c1-22-9-11-23(12-10-22)15-18-30-27(24-7-5-4-6-8-24)28(34)32-26-14-13-25(21-31-26)33-19-16-29(2,3)17-20-33/h4-14,21,27,30H,15-20H2,1-3H3,(H,31,32,34)/t27-/m0/s1. The molecule has 5 heteroatoms. The molecular weight excluding hydrogens is 420 g/mol. The minimum Gasteiger partial charge on any atom is -0.370 e. The monoisotopic (exact) mass is 456 g/mol. The van der Waals surface area contributed by atoms with Crippen LogP contribution in [0.3, 0.4) is 0 Å². The average molecular weight is 457 g/mol. The Bertz CT molecular complexity index is 1050. The molecule has 0 unspecified atom stereocenters. The summed E-state index contributed by atoms with van der Waals surface area (Å²) in [5.41, 5.74) is 4.97. The molecular formula is C29H36N4O. The van der Waals surface area contributed by atoms with Crippen LogP contribution in [0.15, 0.2) is 72.9 Å². The summed E-state index contributed by atoms with van der Waals surface area (Å²) in [4.78, 5) is 20.2. The van der Waals surface area contributed by atoms with E-state index in [4.69, 9.17) is 0 Å². The third-order valence-corrected chi connectivity index (χ3v) is 6.76. The number of piperidine rings is 1. The van der Waals surface area contributed by atoms with Gasteiger partial charge in [0.15, 0.2) is 0 Å². The quantitative estimate of drug-likeness (QED) is 0.468. The van der Waals surface area contributed by atoms with Crippen molar-refractivity contribution in [2.24, 2.45) is 5.41 Å². The van der Waals surface area contributed by atoms with E-state index in [0.717, 1.165) is 30.8 Å². The van der Waals surface area contributed by atoms with Gasteiger partial charge in [-0.1, -0.05) is 74.0 Å². The van der Waals surface area contributed by atoms with Crippen LogP contribution in [-0.2, 0) is 11.2 Å². The molecule has 0 aliphatic carbocycles. The summed E-state index contributed by atoms with van der Waals surface area (Å²) >= 11 is 0. The molecule has 1 aliphatic heterocycles. The minimum absolute atomic E-state index is 0.102. The number of anilines is 2. The molecule has 5 nitrogen and oxygen atoms in total. The van der Waals surface area contributed by atoms with Crippen molar-refractivity contribution < 1.29 is 4.79 Å². The number of benzene rings is 2. The van der Waals surface area contributed by atoms with Crippen molar-refractivity contribution in [2.75, 3.05) is 29.9 Å². The van der Waals surface area contributed by atoms with Crippen molar-refractivity contribution in [1.82, 2.24) is 10.3 Å². The number of carbonyl (C=O) groups excluding carboxylic acids is 1. The lowest BCUT2D eigenvalue weighted by atomic mass is 9.82. The third-order valence-electron chi connectivity index (χ3n) is 6.76. The second-order valence-corrected chi connectivity index (χ2v) is 10.1. The predicted molar refractivity (Wildman–Crippen MR) is 140 cm³/mol. The van der Waals surface area contributed by atoms with Gasteiger partial charge in [-0.2, -0.15) is 0 Å². The summed E-state index contributed by atoms with van der Waals surface area (Å²) < 4.78 is 0. The second-order valence-electron chi connectivity index (χ2n) is 10.1. The lowest BCUT2D eigenvalue weighted by molar-refractivity contribution is -0.118. The van der Waals surface area contributed by atoms with E-state index in [9.17, 15) is 4.79 Å². The van der Waals surface area contributed by atoms with Gasteiger partial charge in [0.1, 0.15) is 11.9 Å². The first kappa shape index (κ1) is 24.0. The number of carbonyl (C=O) groups is 1. The van der Waals surface area contributed by atoms with Gasteiger partial charge >= 0.3 is 0 Å². The van der Waals surface area contributed by atoms with Gasteiger partial charge in [-0.25, -0.2) is 4.98 Å². The van der Waals surface area contributed by atoms with Gasteiger partial charge in [0.2, 0.25) is 5.91 Å². The molecule has 0 bridgehead atoms. The molecule has 1 aromatic heterocycles. The Hall–Kier alpha value is -3.18. The normalized spacial score (nSPS) is 16.1.